The largest absolute Gasteiger partial charge is 0.480 e. The van der Waals surface area contributed by atoms with E-state index in [0.29, 0.717) is 15.7 Å². The van der Waals surface area contributed by atoms with Gasteiger partial charge in [-0.15, -0.1) is 0 Å². The van der Waals surface area contributed by atoms with Gasteiger partial charge in [0.2, 0.25) is 5.91 Å². The van der Waals surface area contributed by atoms with Crippen molar-refractivity contribution in [3.05, 3.63) is 64.1 Å². The molecule has 0 spiro atoms. The van der Waals surface area contributed by atoms with Crippen LogP contribution < -0.4 is 5.32 Å². The van der Waals surface area contributed by atoms with E-state index in [1.807, 2.05) is 0 Å². The molecule has 0 unspecified atom stereocenters. The summed E-state index contributed by atoms with van der Waals surface area (Å²) in [5.74, 6) is -1.96. The number of hydrogen-bond acceptors (Lipinski definition) is 3. The van der Waals surface area contributed by atoms with E-state index in [-0.39, 0.29) is 18.7 Å². The molecule has 0 aliphatic rings. The Kier molecular flexibility index (Phi) is 5.81. The molecule has 7 heteroatoms. The Morgan fingerprint density at radius 2 is 1.96 bits per heavy atom. The standard InChI is InChI=1S/C16H14BrFN2O3/c17-15-11(2-1-7-19-15)9-13(16(22)23)20-14(21)8-10-3-5-12(18)6-4-10/h1-7,13H,8-9H2,(H,20,21)(H,22,23)/t13-/m0/s1. The molecule has 1 aromatic heterocycles. The normalized spacial score (nSPS) is 11.7. The number of carboxylic acids is 1. The minimum atomic E-state index is -1.13. The van der Waals surface area contributed by atoms with Gasteiger partial charge in [-0.25, -0.2) is 14.2 Å². The molecule has 23 heavy (non-hydrogen) atoms. The predicted molar refractivity (Wildman–Crippen MR) is 85.3 cm³/mol. The number of aliphatic carboxylic acids is 1. The fourth-order valence-corrected chi connectivity index (χ4v) is 2.44. The fourth-order valence-electron chi connectivity index (χ4n) is 2.02. The van der Waals surface area contributed by atoms with Crippen molar-refractivity contribution in [3.63, 3.8) is 0 Å². The van der Waals surface area contributed by atoms with Crippen LogP contribution in [0.25, 0.3) is 0 Å². The van der Waals surface area contributed by atoms with Crippen LogP contribution in [0.3, 0.4) is 0 Å². The van der Waals surface area contributed by atoms with Crippen LogP contribution in [0.4, 0.5) is 4.39 Å². The van der Waals surface area contributed by atoms with E-state index in [0.717, 1.165) is 0 Å². The van der Waals surface area contributed by atoms with E-state index in [9.17, 15) is 19.1 Å². The summed E-state index contributed by atoms with van der Waals surface area (Å²) in [6.07, 6.45) is 1.67. The zero-order valence-electron chi connectivity index (χ0n) is 12.0. The van der Waals surface area contributed by atoms with Crippen molar-refractivity contribution in [2.24, 2.45) is 0 Å². The topological polar surface area (TPSA) is 79.3 Å². The van der Waals surface area contributed by atoms with Gasteiger partial charge in [-0.05, 0) is 45.3 Å². The smallest absolute Gasteiger partial charge is 0.326 e. The van der Waals surface area contributed by atoms with Crippen LogP contribution in [0.15, 0.2) is 47.2 Å². The summed E-state index contributed by atoms with van der Waals surface area (Å²) in [5, 5.41) is 11.8. The summed E-state index contributed by atoms with van der Waals surface area (Å²) in [6, 6.07) is 7.85. The lowest BCUT2D eigenvalue weighted by atomic mass is 10.1. The summed E-state index contributed by atoms with van der Waals surface area (Å²) < 4.78 is 13.4. The summed E-state index contributed by atoms with van der Waals surface area (Å²) >= 11 is 3.25. The van der Waals surface area contributed by atoms with Crippen molar-refractivity contribution in [3.8, 4) is 0 Å². The molecule has 2 rings (SSSR count). The molecule has 0 saturated heterocycles. The van der Waals surface area contributed by atoms with Crippen molar-refractivity contribution in [2.45, 2.75) is 18.9 Å². The highest BCUT2D eigenvalue weighted by Crippen LogP contribution is 2.15. The molecule has 2 N–H and O–H groups in total. The number of halogens is 2. The van der Waals surface area contributed by atoms with Gasteiger partial charge in [0.15, 0.2) is 0 Å². The number of nitrogens with one attached hydrogen (secondary N) is 1. The van der Waals surface area contributed by atoms with E-state index < -0.39 is 17.9 Å². The van der Waals surface area contributed by atoms with E-state index in [4.69, 9.17) is 0 Å². The Labute approximate surface area is 140 Å². The molecule has 2 aromatic rings. The van der Waals surface area contributed by atoms with Gasteiger partial charge in [-0.2, -0.15) is 0 Å². The van der Waals surface area contributed by atoms with Crippen LogP contribution in [0.2, 0.25) is 0 Å². The molecule has 0 radical (unpaired) electrons. The van der Waals surface area contributed by atoms with Gasteiger partial charge < -0.3 is 10.4 Å². The highest BCUT2D eigenvalue weighted by molar-refractivity contribution is 9.10. The van der Waals surface area contributed by atoms with Gasteiger partial charge in [0.25, 0.3) is 0 Å². The van der Waals surface area contributed by atoms with Crippen LogP contribution in [0, 0.1) is 5.82 Å². The first-order valence-electron chi connectivity index (χ1n) is 6.81. The molecular weight excluding hydrogens is 367 g/mol. The Bertz CT molecular complexity index is 707. The minimum absolute atomic E-state index is 0.0156. The number of carbonyl (C=O) groups excluding carboxylic acids is 1. The first-order valence-corrected chi connectivity index (χ1v) is 7.61. The third-order valence-electron chi connectivity index (χ3n) is 3.17. The average molecular weight is 381 g/mol. The molecule has 0 aliphatic carbocycles. The number of amides is 1. The molecule has 1 aromatic carbocycles. The third-order valence-corrected chi connectivity index (χ3v) is 3.89. The minimum Gasteiger partial charge on any atom is -0.480 e. The highest BCUT2D eigenvalue weighted by atomic mass is 79.9. The Balaban J connectivity index is 2.01. The Morgan fingerprint density at radius 1 is 1.26 bits per heavy atom. The Morgan fingerprint density at radius 3 is 2.57 bits per heavy atom. The van der Waals surface area contributed by atoms with Crippen LogP contribution in [0.5, 0.6) is 0 Å². The van der Waals surface area contributed by atoms with Crippen molar-refractivity contribution in [2.75, 3.05) is 0 Å². The number of carboxylic acid groups (broad SMARTS) is 1. The molecule has 0 aliphatic heterocycles. The van der Waals surface area contributed by atoms with Crippen molar-refractivity contribution >= 4 is 27.8 Å². The fraction of sp³-hybridized carbons (Fsp3) is 0.188. The molecular formula is C16H14BrFN2O3. The van der Waals surface area contributed by atoms with Crippen LogP contribution >= 0.6 is 15.9 Å². The number of rotatable bonds is 6. The lowest BCUT2D eigenvalue weighted by Gasteiger charge is -2.15. The van der Waals surface area contributed by atoms with E-state index in [1.165, 1.54) is 24.3 Å². The molecule has 5 nitrogen and oxygen atoms in total. The first kappa shape index (κ1) is 17.1. The average Bonchev–Trinajstić information content (AvgIpc) is 2.51. The van der Waals surface area contributed by atoms with Crippen molar-refractivity contribution in [1.82, 2.24) is 10.3 Å². The first-order chi connectivity index (χ1) is 11.0. The zero-order chi connectivity index (χ0) is 16.8. The summed E-state index contributed by atoms with van der Waals surface area (Å²) in [7, 11) is 0. The summed E-state index contributed by atoms with van der Waals surface area (Å²) in [6.45, 7) is 0. The number of benzene rings is 1. The maximum absolute atomic E-state index is 12.8. The maximum atomic E-state index is 12.8. The zero-order valence-corrected chi connectivity index (χ0v) is 13.6. The number of pyridine rings is 1. The van der Waals surface area contributed by atoms with Crippen LogP contribution in [-0.2, 0) is 22.4 Å². The molecule has 0 bridgehead atoms. The molecule has 0 fully saturated rings. The molecule has 120 valence electrons. The van der Waals surface area contributed by atoms with Gasteiger partial charge in [-0.3, -0.25) is 4.79 Å². The lowest BCUT2D eigenvalue weighted by molar-refractivity contribution is -0.141. The molecule has 1 amide bonds. The van der Waals surface area contributed by atoms with Gasteiger partial charge in [-0.1, -0.05) is 18.2 Å². The molecule has 1 heterocycles. The van der Waals surface area contributed by atoms with E-state index >= 15 is 0 Å². The van der Waals surface area contributed by atoms with Gasteiger partial charge >= 0.3 is 5.97 Å². The van der Waals surface area contributed by atoms with E-state index in [1.54, 1.807) is 18.3 Å². The van der Waals surface area contributed by atoms with Gasteiger partial charge in [0.1, 0.15) is 16.5 Å². The van der Waals surface area contributed by atoms with Crippen molar-refractivity contribution < 1.29 is 19.1 Å². The van der Waals surface area contributed by atoms with Crippen LogP contribution in [-0.4, -0.2) is 28.0 Å². The van der Waals surface area contributed by atoms with Gasteiger partial charge in [0, 0.05) is 12.6 Å². The monoisotopic (exact) mass is 380 g/mol. The summed E-state index contributed by atoms with van der Waals surface area (Å²) in [5.41, 5.74) is 1.29. The number of aromatic nitrogens is 1. The number of carbonyl (C=O) groups is 2. The maximum Gasteiger partial charge on any atom is 0.326 e. The summed E-state index contributed by atoms with van der Waals surface area (Å²) in [4.78, 5) is 27.4. The number of nitrogens with zero attached hydrogens (tertiary/aromatic N) is 1. The third kappa shape index (κ3) is 5.14. The van der Waals surface area contributed by atoms with Crippen LogP contribution in [0.1, 0.15) is 11.1 Å². The second-order valence-electron chi connectivity index (χ2n) is 4.92. The molecule has 0 saturated carbocycles. The van der Waals surface area contributed by atoms with Gasteiger partial charge in [0.05, 0.1) is 6.42 Å². The quantitative estimate of drug-likeness (QED) is 0.753. The van der Waals surface area contributed by atoms with E-state index in [2.05, 4.69) is 26.2 Å². The molecule has 1 atom stereocenters. The highest BCUT2D eigenvalue weighted by Gasteiger charge is 2.21. The second-order valence-corrected chi connectivity index (χ2v) is 5.67. The SMILES string of the molecule is O=C(Cc1ccc(F)cc1)N[C@@H](Cc1cccnc1Br)C(=O)O. The Hall–Kier alpha value is -2.28. The van der Waals surface area contributed by atoms with Crippen molar-refractivity contribution in [1.29, 1.82) is 0 Å². The second kappa shape index (κ2) is 7.82. The predicted octanol–water partition coefficient (Wildman–Crippen LogP) is 2.34. The number of hydrogen-bond donors (Lipinski definition) is 2. The lowest BCUT2D eigenvalue weighted by Crippen LogP contribution is -2.43.